The highest BCUT2D eigenvalue weighted by Crippen LogP contribution is 2.45. The van der Waals surface area contributed by atoms with Crippen LogP contribution in [-0.4, -0.2) is 6.29 Å². The lowest BCUT2D eigenvalue weighted by Gasteiger charge is -1.97. The zero-order chi connectivity index (χ0) is 8.55. The molecule has 0 saturated heterocycles. The molecule has 0 amide bonds. The number of carbonyl (C=O) groups is 1. The standard InChI is InChI=1S/C11H12O/c1-8-2-4-9(5-3-8)11-6-10(11)7-12/h2-5,7,10-11H,6H2,1H3/t10-,11-/m0/s1. The molecule has 1 saturated carbocycles. The number of aryl methyl sites for hydroxylation is 1. The first-order valence-corrected chi connectivity index (χ1v) is 4.33. The predicted molar refractivity (Wildman–Crippen MR) is 48.1 cm³/mol. The Bertz CT molecular complexity index is 286. The molecule has 1 fully saturated rings. The first-order valence-electron chi connectivity index (χ1n) is 4.33. The zero-order valence-corrected chi connectivity index (χ0v) is 7.16. The van der Waals surface area contributed by atoms with E-state index in [1.165, 1.54) is 11.1 Å². The van der Waals surface area contributed by atoms with Crippen LogP contribution in [0.25, 0.3) is 0 Å². The number of aldehydes is 1. The van der Waals surface area contributed by atoms with E-state index >= 15 is 0 Å². The largest absolute Gasteiger partial charge is 0.303 e. The van der Waals surface area contributed by atoms with Gasteiger partial charge in [-0.15, -0.1) is 0 Å². The molecule has 0 N–H and O–H groups in total. The van der Waals surface area contributed by atoms with Gasteiger partial charge in [-0.1, -0.05) is 29.8 Å². The van der Waals surface area contributed by atoms with Gasteiger partial charge >= 0.3 is 0 Å². The third kappa shape index (κ3) is 1.27. The van der Waals surface area contributed by atoms with Crippen LogP contribution >= 0.6 is 0 Å². The van der Waals surface area contributed by atoms with Crippen LogP contribution in [0.4, 0.5) is 0 Å². The monoisotopic (exact) mass is 160 g/mol. The van der Waals surface area contributed by atoms with E-state index in [2.05, 4.69) is 31.2 Å². The quantitative estimate of drug-likeness (QED) is 0.607. The number of hydrogen-bond donors (Lipinski definition) is 0. The summed E-state index contributed by atoms with van der Waals surface area (Å²) in [6.45, 7) is 2.08. The number of carbonyl (C=O) groups excluding carboxylic acids is 1. The number of rotatable bonds is 2. The van der Waals surface area contributed by atoms with E-state index in [0.717, 1.165) is 12.7 Å². The Morgan fingerprint density at radius 2 is 2.00 bits per heavy atom. The van der Waals surface area contributed by atoms with Crippen LogP contribution in [0.3, 0.4) is 0 Å². The first-order chi connectivity index (χ1) is 5.81. The molecule has 0 radical (unpaired) electrons. The average Bonchev–Trinajstić information content (AvgIpc) is 2.85. The lowest BCUT2D eigenvalue weighted by Crippen LogP contribution is -1.84. The van der Waals surface area contributed by atoms with Gasteiger partial charge < -0.3 is 4.79 Å². The van der Waals surface area contributed by atoms with Gasteiger partial charge in [0.25, 0.3) is 0 Å². The van der Waals surface area contributed by atoms with Gasteiger partial charge in [-0.05, 0) is 24.8 Å². The van der Waals surface area contributed by atoms with Crippen molar-refractivity contribution in [1.29, 1.82) is 0 Å². The molecule has 2 rings (SSSR count). The molecule has 12 heavy (non-hydrogen) atoms. The molecule has 0 spiro atoms. The van der Waals surface area contributed by atoms with E-state index in [1.807, 2.05) is 0 Å². The van der Waals surface area contributed by atoms with Gasteiger partial charge in [-0.25, -0.2) is 0 Å². The zero-order valence-electron chi connectivity index (χ0n) is 7.16. The van der Waals surface area contributed by atoms with Crippen molar-refractivity contribution in [3.05, 3.63) is 35.4 Å². The second kappa shape index (κ2) is 2.74. The van der Waals surface area contributed by atoms with Gasteiger partial charge in [0.05, 0.1) is 0 Å². The average molecular weight is 160 g/mol. The highest BCUT2D eigenvalue weighted by Gasteiger charge is 2.37. The summed E-state index contributed by atoms with van der Waals surface area (Å²) in [7, 11) is 0. The summed E-state index contributed by atoms with van der Waals surface area (Å²) in [6.07, 6.45) is 2.12. The minimum atomic E-state index is 0.299. The number of benzene rings is 1. The molecular weight excluding hydrogens is 148 g/mol. The molecule has 62 valence electrons. The second-order valence-corrected chi connectivity index (χ2v) is 3.55. The van der Waals surface area contributed by atoms with Crippen molar-refractivity contribution in [3.63, 3.8) is 0 Å². The summed E-state index contributed by atoms with van der Waals surface area (Å²) < 4.78 is 0. The van der Waals surface area contributed by atoms with Gasteiger partial charge in [-0.3, -0.25) is 0 Å². The molecule has 1 aromatic rings. The fraction of sp³-hybridized carbons (Fsp3) is 0.364. The Kier molecular flexibility index (Phi) is 1.72. The molecule has 1 aromatic carbocycles. The summed E-state index contributed by atoms with van der Waals surface area (Å²) in [5, 5.41) is 0. The van der Waals surface area contributed by atoms with Crippen molar-refractivity contribution in [3.8, 4) is 0 Å². The van der Waals surface area contributed by atoms with E-state index in [1.54, 1.807) is 0 Å². The maximum Gasteiger partial charge on any atom is 0.123 e. The van der Waals surface area contributed by atoms with Crippen LogP contribution in [0.1, 0.15) is 23.5 Å². The summed E-state index contributed by atoms with van der Waals surface area (Å²) in [6, 6.07) is 8.47. The molecule has 1 aliphatic carbocycles. The fourth-order valence-electron chi connectivity index (χ4n) is 1.56. The molecule has 2 atom stereocenters. The van der Waals surface area contributed by atoms with Crippen molar-refractivity contribution in [2.75, 3.05) is 0 Å². The Morgan fingerprint density at radius 3 is 2.50 bits per heavy atom. The molecule has 1 heteroatoms. The van der Waals surface area contributed by atoms with Crippen LogP contribution in [-0.2, 0) is 4.79 Å². The Hall–Kier alpha value is -1.11. The minimum absolute atomic E-state index is 0.299. The summed E-state index contributed by atoms with van der Waals surface area (Å²) >= 11 is 0. The second-order valence-electron chi connectivity index (χ2n) is 3.55. The van der Waals surface area contributed by atoms with E-state index < -0.39 is 0 Å². The molecule has 1 nitrogen and oxygen atoms in total. The molecule has 0 aliphatic heterocycles. The van der Waals surface area contributed by atoms with Crippen LogP contribution in [0.5, 0.6) is 0 Å². The van der Waals surface area contributed by atoms with E-state index in [4.69, 9.17) is 0 Å². The highest BCUT2D eigenvalue weighted by atomic mass is 16.1. The van der Waals surface area contributed by atoms with Crippen molar-refractivity contribution >= 4 is 6.29 Å². The van der Waals surface area contributed by atoms with E-state index in [9.17, 15) is 4.79 Å². The highest BCUT2D eigenvalue weighted by molar-refractivity contribution is 5.61. The Morgan fingerprint density at radius 1 is 1.33 bits per heavy atom. The molecule has 0 heterocycles. The van der Waals surface area contributed by atoms with E-state index in [0.29, 0.717) is 11.8 Å². The lowest BCUT2D eigenvalue weighted by atomic mass is 10.1. The van der Waals surface area contributed by atoms with Crippen LogP contribution < -0.4 is 0 Å². The maximum absolute atomic E-state index is 10.4. The van der Waals surface area contributed by atoms with Gasteiger partial charge in [0.2, 0.25) is 0 Å². The summed E-state index contributed by atoms with van der Waals surface area (Å²) in [5.74, 6) is 0.816. The number of hydrogen-bond acceptors (Lipinski definition) is 1. The third-order valence-electron chi connectivity index (χ3n) is 2.52. The summed E-state index contributed by atoms with van der Waals surface area (Å²) in [5.41, 5.74) is 2.60. The fourth-order valence-corrected chi connectivity index (χ4v) is 1.56. The minimum Gasteiger partial charge on any atom is -0.303 e. The smallest absolute Gasteiger partial charge is 0.123 e. The third-order valence-corrected chi connectivity index (χ3v) is 2.52. The first kappa shape index (κ1) is 7.53. The van der Waals surface area contributed by atoms with Crippen LogP contribution in [0.2, 0.25) is 0 Å². The van der Waals surface area contributed by atoms with Crippen molar-refractivity contribution in [2.24, 2.45) is 5.92 Å². The van der Waals surface area contributed by atoms with Crippen LogP contribution in [0, 0.1) is 12.8 Å². The molecule has 0 bridgehead atoms. The molecule has 1 aliphatic rings. The normalized spacial score (nSPS) is 26.8. The summed E-state index contributed by atoms with van der Waals surface area (Å²) in [4.78, 5) is 10.4. The SMILES string of the molecule is Cc1ccc([C@@H]2C[C@H]2C=O)cc1. The van der Waals surface area contributed by atoms with Crippen molar-refractivity contribution in [1.82, 2.24) is 0 Å². The topological polar surface area (TPSA) is 17.1 Å². The predicted octanol–water partition coefficient (Wildman–Crippen LogP) is 2.30. The van der Waals surface area contributed by atoms with Crippen molar-refractivity contribution < 1.29 is 4.79 Å². The lowest BCUT2D eigenvalue weighted by molar-refractivity contribution is -0.108. The van der Waals surface area contributed by atoms with Gasteiger partial charge in [0.15, 0.2) is 0 Å². The van der Waals surface area contributed by atoms with Gasteiger partial charge in [-0.2, -0.15) is 0 Å². The molecule has 0 unspecified atom stereocenters. The van der Waals surface area contributed by atoms with Crippen molar-refractivity contribution in [2.45, 2.75) is 19.3 Å². The van der Waals surface area contributed by atoms with Crippen LogP contribution in [0.15, 0.2) is 24.3 Å². The maximum atomic E-state index is 10.4. The Balaban J connectivity index is 2.15. The molecule has 0 aromatic heterocycles. The van der Waals surface area contributed by atoms with Gasteiger partial charge in [0, 0.05) is 5.92 Å². The molecular formula is C11H12O. The Labute approximate surface area is 72.4 Å². The van der Waals surface area contributed by atoms with E-state index in [-0.39, 0.29) is 0 Å². The van der Waals surface area contributed by atoms with Gasteiger partial charge in [0.1, 0.15) is 6.29 Å².